The Bertz CT molecular complexity index is 353. The van der Waals surface area contributed by atoms with Crippen molar-refractivity contribution < 1.29 is 0 Å². The van der Waals surface area contributed by atoms with E-state index in [1.807, 2.05) is 11.3 Å². The van der Waals surface area contributed by atoms with Crippen molar-refractivity contribution in [3.05, 3.63) is 22.4 Å². The molecule has 18 heavy (non-hydrogen) atoms. The summed E-state index contributed by atoms with van der Waals surface area (Å²) in [5.74, 6) is 0.654. The molecule has 1 fully saturated rings. The van der Waals surface area contributed by atoms with Crippen LogP contribution in [0.1, 0.15) is 64.3 Å². The first kappa shape index (κ1) is 14.1. The Morgan fingerprint density at radius 2 is 2.11 bits per heavy atom. The van der Waals surface area contributed by atoms with E-state index in [0.717, 1.165) is 0 Å². The van der Waals surface area contributed by atoms with Crippen LogP contribution >= 0.6 is 11.3 Å². The van der Waals surface area contributed by atoms with Crippen LogP contribution < -0.4 is 5.32 Å². The highest BCUT2D eigenvalue weighted by Crippen LogP contribution is 2.38. The normalized spacial score (nSPS) is 25.3. The van der Waals surface area contributed by atoms with E-state index in [2.05, 4.69) is 50.5 Å². The SMILES string of the molecule is CC(C)C(NC1CCCCC1(C)C)c1cccs1. The summed E-state index contributed by atoms with van der Waals surface area (Å²) >= 11 is 1.89. The van der Waals surface area contributed by atoms with Gasteiger partial charge in [0, 0.05) is 17.0 Å². The Hall–Kier alpha value is -0.340. The van der Waals surface area contributed by atoms with Crippen molar-refractivity contribution in [2.45, 2.75) is 65.5 Å². The highest BCUT2D eigenvalue weighted by Gasteiger charge is 2.34. The molecule has 1 N–H and O–H groups in total. The third-order valence-corrected chi connectivity index (χ3v) is 5.36. The first-order valence-corrected chi connectivity index (χ1v) is 8.18. The molecule has 1 aromatic rings. The fourth-order valence-electron chi connectivity index (χ4n) is 3.09. The Labute approximate surface area is 116 Å². The van der Waals surface area contributed by atoms with Crippen molar-refractivity contribution in [1.29, 1.82) is 0 Å². The summed E-state index contributed by atoms with van der Waals surface area (Å²) in [7, 11) is 0. The van der Waals surface area contributed by atoms with Crippen LogP contribution in [0, 0.1) is 11.3 Å². The summed E-state index contributed by atoms with van der Waals surface area (Å²) in [5, 5.41) is 6.15. The van der Waals surface area contributed by atoms with Crippen molar-refractivity contribution in [3.8, 4) is 0 Å². The summed E-state index contributed by atoms with van der Waals surface area (Å²) in [6, 6.07) is 5.63. The molecule has 1 aliphatic rings. The lowest BCUT2D eigenvalue weighted by Gasteiger charge is -2.42. The predicted octanol–water partition coefficient (Wildman–Crippen LogP) is 5.00. The van der Waals surface area contributed by atoms with Crippen LogP contribution in [-0.2, 0) is 0 Å². The molecule has 0 radical (unpaired) electrons. The topological polar surface area (TPSA) is 12.0 Å². The van der Waals surface area contributed by atoms with Crippen LogP contribution in [0.15, 0.2) is 17.5 Å². The van der Waals surface area contributed by atoms with Gasteiger partial charge in [0.1, 0.15) is 0 Å². The van der Waals surface area contributed by atoms with Crippen LogP contribution in [-0.4, -0.2) is 6.04 Å². The van der Waals surface area contributed by atoms with Crippen LogP contribution in [0.4, 0.5) is 0 Å². The molecule has 0 bridgehead atoms. The predicted molar refractivity (Wildman–Crippen MR) is 81.1 cm³/mol. The minimum absolute atomic E-state index is 0.447. The largest absolute Gasteiger partial charge is 0.306 e. The van der Waals surface area contributed by atoms with Gasteiger partial charge in [-0.1, -0.05) is 46.6 Å². The van der Waals surface area contributed by atoms with E-state index in [1.165, 1.54) is 30.6 Å². The zero-order chi connectivity index (χ0) is 13.2. The lowest BCUT2D eigenvalue weighted by Crippen LogP contribution is -2.46. The average Bonchev–Trinajstić information content (AvgIpc) is 2.80. The van der Waals surface area contributed by atoms with Gasteiger partial charge in [-0.05, 0) is 35.6 Å². The Kier molecular flexibility index (Phi) is 4.50. The average molecular weight is 265 g/mol. The van der Waals surface area contributed by atoms with Gasteiger partial charge in [0.25, 0.3) is 0 Å². The zero-order valence-corrected chi connectivity index (χ0v) is 13.0. The van der Waals surface area contributed by atoms with Crippen molar-refractivity contribution in [3.63, 3.8) is 0 Å². The Morgan fingerprint density at radius 1 is 1.33 bits per heavy atom. The standard InChI is InChI=1S/C16H27NS/c1-12(2)15(13-8-7-11-18-13)17-14-9-5-6-10-16(14,3)4/h7-8,11-12,14-15,17H,5-6,9-10H2,1-4H3. The van der Waals surface area contributed by atoms with Crippen LogP contribution in [0.2, 0.25) is 0 Å². The van der Waals surface area contributed by atoms with E-state index >= 15 is 0 Å². The van der Waals surface area contributed by atoms with E-state index in [-0.39, 0.29) is 0 Å². The first-order chi connectivity index (χ1) is 8.50. The number of hydrogen-bond acceptors (Lipinski definition) is 2. The molecule has 2 atom stereocenters. The molecule has 1 aliphatic carbocycles. The molecule has 0 aliphatic heterocycles. The lowest BCUT2D eigenvalue weighted by molar-refractivity contribution is 0.146. The summed E-state index contributed by atoms with van der Waals surface area (Å²) in [6.45, 7) is 9.51. The maximum atomic E-state index is 3.96. The Morgan fingerprint density at radius 3 is 2.67 bits per heavy atom. The Balaban J connectivity index is 2.09. The second kappa shape index (κ2) is 5.75. The third kappa shape index (κ3) is 3.16. The molecule has 2 rings (SSSR count). The molecule has 2 heteroatoms. The highest BCUT2D eigenvalue weighted by atomic mass is 32.1. The number of thiophene rings is 1. The number of nitrogens with one attached hydrogen (secondary N) is 1. The molecule has 1 aromatic heterocycles. The fourth-order valence-corrected chi connectivity index (χ4v) is 4.05. The van der Waals surface area contributed by atoms with E-state index < -0.39 is 0 Å². The quantitative estimate of drug-likeness (QED) is 0.807. The second-order valence-electron chi connectivity index (χ2n) is 6.69. The summed E-state index contributed by atoms with van der Waals surface area (Å²) < 4.78 is 0. The van der Waals surface area contributed by atoms with E-state index in [1.54, 1.807) is 0 Å². The minimum atomic E-state index is 0.447. The van der Waals surface area contributed by atoms with Crippen LogP contribution in [0.3, 0.4) is 0 Å². The van der Waals surface area contributed by atoms with Crippen molar-refractivity contribution >= 4 is 11.3 Å². The molecule has 0 aromatic carbocycles. The van der Waals surface area contributed by atoms with Crippen LogP contribution in [0.25, 0.3) is 0 Å². The third-order valence-electron chi connectivity index (χ3n) is 4.40. The van der Waals surface area contributed by atoms with Gasteiger partial charge in [-0.15, -0.1) is 11.3 Å². The van der Waals surface area contributed by atoms with Gasteiger partial charge in [0.05, 0.1) is 0 Å². The molecule has 0 amide bonds. The molecular weight excluding hydrogens is 238 g/mol. The molecular formula is C16H27NS. The summed E-state index contributed by atoms with van der Waals surface area (Å²) in [4.78, 5) is 1.49. The zero-order valence-electron chi connectivity index (χ0n) is 12.2. The van der Waals surface area contributed by atoms with Gasteiger partial charge >= 0.3 is 0 Å². The van der Waals surface area contributed by atoms with E-state index in [4.69, 9.17) is 0 Å². The van der Waals surface area contributed by atoms with Gasteiger partial charge < -0.3 is 5.32 Å². The molecule has 2 unspecified atom stereocenters. The molecule has 1 nitrogen and oxygen atoms in total. The van der Waals surface area contributed by atoms with Crippen LogP contribution in [0.5, 0.6) is 0 Å². The second-order valence-corrected chi connectivity index (χ2v) is 7.67. The summed E-state index contributed by atoms with van der Waals surface area (Å²) in [6.07, 6.45) is 5.48. The van der Waals surface area contributed by atoms with Crippen molar-refractivity contribution in [2.75, 3.05) is 0 Å². The fraction of sp³-hybridized carbons (Fsp3) is 0.750. The van der Waals surface area contributed by atoms with Gasteiger partial charge in [-0.2, -0.15) is 0 Å². The molecule has 102 valence electrons. The number of hydrogen-bond donors (Lipinski definition) is 1. The number of rotatable bonds is 4. The van der Waals surface area contributed by atoms with Gasteiger partial charge in [-0.3, -0.25) is 0 Å². The first-order valence-electron chi connectivity index (χ1n) is 7.30. The molecule has 0 spiro atoms. The van der Waals surface area contributed by atoms with Gasteiger partial charge in [0.15, 0.2) is 0 Å². The van der Waals surface area contributed by atoms with Crippen molar-refractivity contribution in [1.82, 2.24) is 5.32 Å². The lowest BCUT2D eigenvalue weighted by atomic mass is 9.73. The maximum Gasteiger partial charge on any atom is 0.0440 e. The smallest absolute Gasteiger partial charge is 0.0440 e. The minimum Gasteiger partial charge on any atom is -0.306 e. The molecule has 0 saturated heterocycles. The van der Waals surface area contributed by atoms with Gasteiger partial charge in [-0.25, -0.2) is 0 Å². The molecule has 1 saturated carbocycles. The van der Waals surface area contributed by atoms with E-state index in [9.17, 15) is 0 Å². The molecule has 1 heterocycles. The summed E-state index contributed by atoms with van der Waals surface area (Å²) in [5.41, 5.74) is 0.447. The maximum absolute atomic E-state index is 3.96. The van der Waals surface area contributed by atoms with Crippen molar-refractivity contribution in [2.24, 2.45) is 11.3 Å². The highest BCUT2D eigenvalue weighted by molar-refractivity contribution is 7.10. The monoisotopic (exact) mass is 265 g/mol. The van der Waals surface area contributed by atoms with E-state index in [0.29, 0.717) is 23.4 Å². The van der Waals surface area contributed by atoms with Gasteiger partial charge in [0.2, 0.25) is 0 Å².